The number of thioether (sulfide) groups is 1. The molecular weight excluding hydrogens is 627 g/mol. The molecule has 0 bridgehead atoms. The first-order chi connectivity index (χ1) is 18.9. The molecule has 3 nitrogen and oxygen atoms in total. The molecule has 0 saturated carbocycles. The van der Waals surface area contributed by atoms with E-state index >= 15 is 0 Å². The lowest BCUT2D eigenvalue weighted by Gasteiger charge is -2.34. The number of unbranched alkanes of at least 4 members (excludes halogenated alkanes) is 1. The Balaban J connectivity index is 0.000000307. The summed E-state index contributed by atoms with van der Waals surface area (Å²) < 4.78 is 135. The van der Waals surface area contributed by atoms with E-state index in [1.165, 1.54) is 38.2 Å². The first-order valence-corrected chi connectivity index (χ1v) is 15.2. The molecule has 0 fully saturated rings. The molecule has 3 aromatic carbocycles. The van der Waals surface area contributed by atoms with Crippen molar-refractivity contribution in [3.8, 4) is 0 Å². The van der Waals surface area contributed by atoms with Crippen LogP contribution < -0.4 is 0 Å². The number of hydrogen-bond acceptors (Lipinski definition) is 4. The average molecular weight is 651 g/mol. The van der Waals surface area contributed by atoms with Crippen molar-refractivity contribution in [1.82, 2.24) is 0 Å². The number of hydrogen-bond donors (Lipinski definition) is 0. The van der Waals surface area contributed by atoms with Crippen LogP contribution in [0.5, 0.6) is 0 Å². The lowest BCUT2D eigenvalue weighted by molar-refractivity contribution is -0.382. The Morgan fingerprint density at radius 2 is 1.10 bits per heavy atom. The summed E-state index contributed by atoms with van der Waals surface area (Å²) >= 11 is 1.96. The van der Waals surface area contributed by atoms with E-state index < -0.39 is 33.4 Å². The molecule has 3 rings (SSSR count). The Hall–Kier alpha value is -2.36. The van der Waals surface area contributed by atoms with Crippen LogP contribution in [0, 0.1) is 0 Å². The molecule has 0 atom stereocenters. The molecule has 15 heteroatoms. The molecule has 3 aromatic rings. The van der Waals surface area contributed by atoms with Crippen molar-refractivity contribution in [2.45, 2.75) is 62.6 Å². The minimum Gasteiger partial charge on any atom is -0.743 e. The van der Waals surface area contributed by atoms with E-state index in [1.54, 1.807) is 0 Å². The first-order valence-electron chi connectivity index (χ1n) is 11.6. The van der Waals surface area contributed by atoms with Gasteiger partial charge in [0.2, 0.25) is 0 Å². The lowest BCUT2D eigenvalue weighted by atomic mass is 10.1. The van der Waals surface area contributed by atoms with Crippen LogP contribution >= 0.6 is 11.8 Å². The average Bonchev–Trinajstić information content (AvgIpc) is 2.90. The van der Waals surface area contributed by atoms with Gasteiger partial charge in [0.15, 0.2) is 24.8 Å². The summed E-state index contributed by atoms with van der Waals surface area (Å²) in [4.78, 5) is 5.49. The largest absolute Gasteiger partial charge is 0.743 e. The Morgan fingerprint density at radius 1 is 0.683 bits per heavy atom. The Morgan fingerprint density at radius 3 is 1.46 bits per heavy atom. The third kappa shape index (κ3) is 8.14. The monoisotopic (exact) mass is 650 g/mol. The molecule has 0 aromatic heterocycles. The third-order valence-electron chi connectivity index (χ3n) is 5.21. The highest BCUT2D eigenvalue weighted by molar-refractivity contribution is 7.99. The maximum Gasteiger partial charge on any atom is 0.460 e. The van der Waals surface area contributed by atoms with Gasteiger partial charge in [-0.05, 0) is 60.7 Å². The number of benzene rings is 3. The van der Waals surface area contributed by atoms with Gasteiger partial charge < -0.3 is 4.55 Å². The van der Waals surface area contributed by atoms with Gasteiger partial charge in [0.1, 0.15) is 0 Å². The maximum atomic E-state index is 12.2. The molecule has 0 unspecified atom stereocenters. The summed E-state index contributed by atoms with van der Waals surface area (Å²) in [6.45, 7) is 2.25. The zero-order chi connectivity index (χ0) is 31.1. The zero-order valence-corrected chi connectivity index (χ0v) is 23.5. The standard InChI is InChI=1S/C22H23S2.C4HF9O3S/c1-2-3-18-23-19-14-16-22(17-15-19)24(20-10-6-4-7-11-20)21-12-8-5-9-13-21;5-1(6,3(9,10)11)2(7,8)4(12,13)17(14,15)16/h4-17H,2-3,18H2,1H3;(H,14,15,16)/q+1;/p-1. The molecule has 0 heterocycles. The lowest BCUT2D eigenvalue weighted by Crippen LogP contribution is -2.63. The van der Waals surface area contributed by atoms with Crippen molar-refractivity contribution in [3.05, 3.63) is 84.9 Å². The second-order valence-corrected chi connectivity index (χ2v) is 12.8. The highest BCUT2D eigenvalue weighted by atomic mass is 32.2. The summed E-state index contributed by atoms with van der Waals surface area (Å²) in [5.41, 5.74) is 0. The third-order valence-corrected chi connectivity index (χ3v) is 9.43. The van der Waals surface area contributed by atoms with E-state index in [9.17, 15) is 52.5 Å². The molecule has 0 aliphatic carbocycles. The number of alkyl halides is 9. The predicted molar refractivity (Wildman–Crippen MR) is 138 cm³/mol. The molecule has 0 amide bonds. The van der Waals surface area contributed by atoms with Gasteiger partial charge in [-0.2, -0.15) is 39.5 Å². The SMILES string of the molecule is CCCCSc1ccc([S+](c2ccccc2)c2ccccc2)cc1.O=S(=O)([O-])C(F)(F)C(F)(F)C(F)(F)C(F)(F)F. The first kappa shape index (κ1) is 34.8. The van der Waals surface area contributed by atoms with Gasteiger partial charge in [-0.25, -0.2) is 8.42 Å². The fourth-order valence-electron chi connectivity index (χ4n) is 3.05. The second-order valence-electron chi connectivity index (χ2n) is 8.22. The van der Waals surface area contributed by atoms with Gasteiger partial charge >= 0.3 is 23.3 Å². The van der Waals surface area contributed by atoms with Crippen LogP contribution in [-0.4, -0.2) is 42.0 Å². The molecule has 0 aliphatic heterocycles. The van der Waals surface area contributed by atoms with E-state index in [-0.39, 0.29) is 10.9 Å². The van der Waals surface area contributed by atoms with Crippen molar-refractivity contribution < 1.29 is 52.5 Å². The normalized spacial score (nSPS) is 13.1. The summed E-state index contributed by atoms with van der Waals surface area (Å²) in [5, 5.41) is -7.11. The van der Waals surface area contributed by atoms with Crippen LogP contribution in [0.15, 0.2) is 105 Å². The van der Waals surface area contributed by atoms with E-state index in [0.29, 0.717) is 0 Å². The molecular formula is C26H23F9O3S3. The van der Waals surface area contributed by atoms with E-state index in [2.05, 4.69) is 91.9 Å². The van der Waals surface area contributed by atoms with Crippen LogP contribution in [0.25, 0.3) is 0 Å². The molecule has 41 heavy (non-hydrogen) atoms. The highest BCUT2D eigenvalue weighted by Gasteiger charge is 2.83. The van der Waals surface area contributed by atoms with Gasteiger partial charge in [0.05, 0.1) is 10.9 Å². The highest BCUT2D eigenvalue weighted by Crippen LogP contribution is 2.54. The van der Waals surface area contributed by atoms with Gasteiger partial charge in [-0.1, -0.05) is 49.7 Å². The summed E-state index contributed by atoms with van der Waals surface area (Å²) in [5.74, 6) is -13.6. The van der Waals surface area contributed by atoms with Crippen LogP contribution in [0.1, 0.15) is 19.8 Å². The van der Waals surface area contributed by atoms with Crippen LogP contribution in [0.3, 0.4) is 0 Å². The fourth-order valence-corrected chi connectivity index (χ4v) is 6.57. The summed E-state index contributed by atoms with van der Waals surface area (Å²) in [7, 11) is -7.46. The van der Waals surface area contributed by atoms with Gasteiger partial charge in [0, 0.05) is 4.90 Å². The number of halogens is 9. The Labute approximate surface area is 238 Å². The summed E-state index contributed by atoms with van der Waals surface area (Å²) in [6, 6.07) is 30.8. The quantitative estimate of drug-likeness (QED) is 0.0725. The van der Waals surface area contributed by atoms with E-state index in [4.69, 9.17) is 0 Å². The van der Waals surface area contributed by atoms with Crippen molar-refractivity contribution >= 4 is 32.8 Å². The predicted octanol–water partition coefficient (Wildman–Crippen LogP) is 8.63. The van der Waals surface area contributed by atoms with Crippen LogP contribution in [-0.2, 0) is 21.0 Å². The van der Waals surface area contributed by atoms with Gasteiger partial charge in [-0.15, -0.1) is 11.8 Å². The topological polar surface area (TPSA) is 57.2 Å². The van der Waals surface area contributed by atoms with Crippen molar-refractivity contribution in [2.24, 2.45) is 0 Å². The molecule has 0 N–H and O–H groups in total. The molecule has 226 valence electrons. The smallest absolute Gasteiger partial charge is 0.460 e. The Kier molecular flexibility index (Phi) is 11.7. The second kappa shape index (κ2) is 13.7. The van der Waals surface area contributed by atoms with Gasteiger partial charge in [0.25, 0.3) is 0 Å². The van der Waals surface area contributed by atoms with E-state index in [1.807, 2.05) is 11.8 Å². The van der Waals surface area contributed by atoms with Gasteiger partial charge in [-0.3, -0.25) is 0 Å². The molecule has 0 radical (unpaired) electrons. The Bertz CT molecular complexity index is 1300. The van der Waals surface area contributed by atoms with Crippen LogP contribution in [0.4, 0.5) is 39.5 Å². The molecule has 0 aliphatic rings. The zero-order valence-electron chi connectivity index (χ0n) is 21.1. The van der Waals surface area contributed by atoms with Crippen molar-refractivity contribution in [3.63, 3.8) is 0 Å². The fraction of sp³-hybridized carbons (Fsp3) is 0.308. The number of rotatable bonds is 10. The minimum absolute atomic E-state index is 0.0395. The molecule has 0 saturated heterocycles. The minimum atomic E-state index is -7.43. The van der Waals surface area contributed by atoms with Crippen molar-refractivity contribution in [2.75, 3.05) is 5.75 Å². The maximum absolute atomic E-state index is 12.2. The molecule has 0 spiro atoms. The van der Waals surface area contributed by atoms with Crippen molar-refractivity contribution in [1.29, 1.82) is 0 Å². The van der Waals surface area contributed by atoms with Crippen LogP contribution in [0.2, 0.25) is 0 Å². The van der Waals surface area contributed by atoms with E-state index in [0.717, 1.165) is 0 Å². The summed E-state index contributed by atoms with van der Waals surface area (Å²) in [6.07, 6.45) is -4.62.